The highest BCUT2D eigenvalue weighted by molar-refractivity contribution is 5.97. The van der Waals surface area contributed by atoms with E-state index in [2.05, 4.69) is 41.9 Å². The Morgan fingerprint density at radius 1 is 0.788 bits per heavy atom. The molecule has 23 nitrogen and oxygen atoms in total. The number of carbonyl (C=O) groups is 9. The molecule has 0 aromatic carbocycles. The number of nitrogens with zero attached hydrogens (tertiary/aromatic N) is 1. The second kappa shape index (κ2) is 22.9. The summed E-state index contributed by atoms with van der Waals surface area (Å²) in [5.74, 6) is -9.01. The maximum atomic E-state index is 13.4. The first kappa shape index (κ1) is 44.3. The molecule has 1 heterocycles. The molecule has 1 aromatic heterocycles. The van der Waals surface area contributed by atoms with E-state index in [0.717, 1.165) is 0 Å². The quantitative estimate of drug-likeness (QED) is 0.0415. The number of hydrogen-bond donors (Lipinski definition) is 13. The number of imidazole rings is 1. The highest BCUT2D eigenvalue weighted by atomic mass is 16.4. The number of rotatable bonds is 25. The van der Waals surface area contributed by atoms with Gasteiger partial charge in [0.2, 0.25) is 47.3 Å². The van der Waals surface area contributed by atoms with Crippen molar-refractivity contribution in [2.24, 2.45) is 22.9 Å². The molecule has 0 unspecified atom stereocenters. The molecule has 0 aliphatic carbocycles. The van der Waals surface area contributed by atoms with Crippen LogP contribution in [0.2, 0.25) is 0 Å². The van der Waals surface area contributed by atoms with Gasteiger partial charge in [-0.3, -0.25) is 38.4 Å². The van der Waals surface area contributed by atoms with E-state index in [9.17, 15) is 53.4 Å². The van der Waals surface area contributed by atoms with Crippen LogP contribution in [-0.4, -0.2) is 129 Å². The summed E-state index contributed by atoms with van der Waals surface area (Å²) >= 11 is 0. The van der Waals surface area contributed by atoms with Crippen LogP contribution in [0.15, 0.2) is 12.5 Å². The third-order valence-electron chi connectivity index (χ3n) is 7.26. The van der Waals surface area contributed by atoms with E-state index in [1.54, 1.807) is 0 Å². The van der Waals surface area contributed by atoms with Crippen LogP contribution >= 0.6 is 0 Å². The maximum absolute atomic E-state index is 13.4. The van der Waals surface area contributed by atoms with Gasteiger partial charge in [0, 0.05) is 24.7 Å². The fourth-order valence-corrected chi connectivity index (χ4v) is 4.38. The zero-order valence-electron chi connectivity index (χ0n) is 28.5. The number of nitrogens with two attached hydrogens (primary N) is 4. The van der Waals surface area contributed by atoms with Gasteiger partial charge in [0.15, 0.2) is 0 Å². The van der Waals surface area contributed by atoms with Crippen LogP contribution in [0.25, 0.3) is 0 Å². The van der Waals surface area contributed by atoms with E-state index in [-0.39, 0.29) is 6.42 Å². The average Bonchev–Trinajstić information content (AvgIpc) is 3.59. The van der Waals surface area contributed by atoms with E-state index in [1.807, 2.05) is 0 Å². The molecule has 8 amide bonds. The summed E-state index contributed by atoms with van der Waals surface area (Å²) < 4.78 is 0. The van der Waals surface area contributed by atoms with Crippen molar-refractivity contribution in [1.82, 2.24) is 41.9 Å². The summed E-state index contributed by atoms with van der Waals surface area (Å²) in [7, 11) is 0. The van der Waals surface area contributed by atoms with Crippen LogP contribution < -0.4 is 54.8 Å². The predicted molar refractivity (Wildman–Crippen MR) is 178 cm³/mol. The highest BCUT2D eigenvalue weighted by Gasteiger charge is 2.32. The number of nitrogens with one attached hydrogen (secondary N) is 7. The molecule has 0 radical (unpaired) electrons. The zero-order valence-corrected chi connectivity index (χ0v) is 28.5. The molecule has 1 aromatic rings. The van der Waals surface area contributed by atoms with Crippen molar-refractivity contribution in [2.75, 3.05) is 19.7 Å². The van der Waals surface area contributed by atoms with Crippen LogP contribution in [0.1, 0.15) is 51.1 Å². The van der Waals surface area contributed by atoms with Crippen molar-refractivity contribution in [3.8, 4) is 0 Å². The maximum Gasteiger partial charge on any atom is 0.326 e. The van der Waals surface area contributed by atoms with Gasteiger partial charge in [-0.05, 0) is 32.7 Å². The van der Waals surface area contributed by atoms with Crippen LogP contribution in [0.5, 0.6) is 0 Å². The van der Waals surface area contributed by atoms with Gasteiger partial charge in [0.1, 0.15) is 30.2 Å². The molecule has 52 heavy (non-hydrogen) atoms. The van der Waals surface area contributed by atoms with Crippen molar-refractivity contribution in [2.45, 2.75) is 88.1 Å². The van der Waals surface area contributed by atoms with Gasteiger partial charge in [-0.25, -0.2) is 9.78 Å². The fraction of sp³-hybridized carbons (Fsp3) is 0.586. The second-order valence-corrected chi connectivity index (χ2v) is 11.6. The number of aliphatic hydroxyl groups is 1. The summed E-state index contributed by atoms with van der Waals surface area (Å²) in [5, 5.41) is 32.8. The number of carboxylic acids is 1. The monoisotopic (exact) mass is 740 g/mol. The lowest BCUT2D eigenvalue weighted by molar-refractivity contribution is -0.142. The number of aliphatic hydroxyl groups excluding tert-OH is 1. The normalized spacial score (nSPS) is 14.2. The molecular weight excluding hydrogens is 692 g/mol. The van der Waals surface area contributed by atoms with Crippen molar-refractivity contribution >= 4 is 53.2 Å². The van der Waals surface area contributed by atoms with E-state index in [4.69, 9.17) is 22.9 Å². The SMILES string of the molecule is C[C@H](NC(=O)[C@@H](N)CCCCN)C(=O)NCC(=O)N[C@@H](CO)C(=O)N[C@@H](Cc1cnc[nH]1)C(=O)N[C@@H](CC(N)=O)C(=O)N[C@@H](CCC(N)=O)C(=O)O. The van der Waals surface area contributed by atoms with Gasteiger partial charge in [-0.2, -0.15) is 0 Å². The standard InChI is InChI=1S/C29H48N12O11/c1-14(37-25(47)16(31)4-2-3-7-30)24(46)35-11-23(45)38-20(12-42)28(50)40-18(8-15-10-34-13-36-15)26(48)41-19(9-22(33)44)27(49)39-17(29(51)52)5-6-21(32)43/h10,13-14,16-20,42H,2-9,11-12,30-31H2,1H3,(H2,32,43)(H2,33,44)(H,34,36)(H,35,46)(H,37,47)(H,38,45)(H,39,49)(H,40,50)(H,41,48)(H,51,52)/t14-,16-,17-,18-,19-,20-/m0/s1. The number of aromatic amines is 1. The Labute approximate surface area is 297 Å². The van der Waals surface area contributed by atoms with Crippen LogP contribution in [0.4, 0.5) is 0 Å². The first-order chi connectivity index (χ1) is 24.5. The molecule has 0 fully saturated rings. The van der Waals surface area contributed by atoms with E-state index < -0.39 is 122 Å². The number of amides is 8. The molecule has 23 heteroatoms. The Morgan fingerprint density at radius 2 is 1.40 bits per heavy atom. The predicted octanol–water partition coefficient (Wildman–Crippen LogP) is -6.81. The molecular formula is C29H48N12O11. The van der Waals surface area contributed by atoms with Gasteiger partial charge in [-0.15, -0.1) is 0 Å². The minimum Gasteiger partial charge on any atom is -0.480 e. The Morgan fingerprint density at radius 3 is 1.96 bits per heavy atom. The number of carbonyl (C=O) groups excluding carboxylic acids is 8. The van der Waals surface area contributed by atoms with Crippen molar-refractivity contribution in [3.63, 3.8) is 0 Å². The molecule has 0 spiro atoms. The number of hydrogen-bond acceptors (Lipinski definition) is 13. The zero-order chi connectivity index (χ0) is 39.4. The number of aliphatic carboxylic acids is 1. The van der Waals surface area contributed by atoms with Crippen molar-refractivity contribution in [1.29, 1.82) is 0 Å². The summed E-state index contributed by atoms with van der Waals surface area (Å²) in [6, 6.07) is -8.51. The summed E-state index contributed by atoms with van der Waals surface area (Å²) in [6.45, 7) is 0.157. The first-order valence-corrected chi connectivity index (χ1v) is 16.1. The van der Waals surface area contributed by atoms with E-state index in [1.165, 1.54) is 19.4 Å². The van der Waals surface area contributed by atoms with Crippen molar-refractivity contribution in [3.05, 3.63) is 18.2 Å². The summed E-state index contributed by atoms with van der Waals surface area (Å²) in [6.07, 6.45) is 2.33. The number of H-pyrrole nitrogens is 1. The average molecular weight is 741 g/mol. The molecule has 0 aliphatic rings. The molecule has 0 saturated heterocycles. The topological polar surface area (TPSA) is 399 Å². The minimum atomic E-state index is -1.74. The second-order valence-electron chi connectivity index (χ2n) is 11.6. The van der Waals surface area contributed by atoms with Crippen molar-refractivity contribution < 1.29 is 53.4 Å². The molecule has 0 aliphatic heterocycles. The smallest absolute Gasteiger partial charge is 0.326 e. The Bertz CT molecular complexity index is 1410. The van der Waals surface area contributed by atoms with E-state index >= 15 is 0 Å². The number of unbranched alkanes of at least 4 members (excludes halogenated alkanes) is 1. The Kier molecular flexibility index (Phi) is 19.5. The third kappa shape index (κ3) is 16.8. The summed E-state index contributed by atoms with van der Waals surface area (Å²) in [4.78, 5) is 118. The molecule has 1 rings (SSSR count). The lowest BCUT2D eigenvalue weighted by atomic mass is 10.1. The Balaban J connectivity index is 2.96. The van der Waals surface area contributed by atoms with Gasteiger partial charge < -0.3 is 70.0 Å². The lowest BCUT2D eigenvalue weighted by Gasteiger charge is -2.25. The number of carboxylic acid groups (broad SMARTS) is 1. The van der Waals surface area contributed by atoms with Crippen LogP contribution in [0.3, 0.4) is 0 Å². The largest absolute Gasteiger partial charge is 0.480 e. The fourth-order valence-electron chi connectivity index (χ4n) is 4.38. The lowest BCUT2D eigenvalue weighted by Crippen LogP contribution is -2.59. The number of aromatic nitrogens is 2. The first-order valence-electron chi connectivity index (χ1n) is 16.1. The third-order valence-corrected chi connectivity index (χ3v) is 7.26. The minimum absolute atomic E-state index is 0.290. The van der Waals surface area contributed by atoms with Gasteiger partial charge in [-0.1, -0.05) is 6.42 Å². The van der Waals surface area contributed by atoms with E-state index in [0.29, 0.717) is 31.5 Å². The molecule has 290 valence electrons. The molecule has 0 bridgehead atoms. The van der Waals surface area contributed by atoms with Gasteiger partial charge in [0.25, 0.3) is 0 Å². The van der Waals surface area contributed by atoms with Crippen LogP contribution in [0, 0.1) is 0 Å². The van der Waals surface area contributed by atoms with Gasteiger partial charge >= 0.3 is 5.97 Å². The molecule has 17 N–H and O–H groups in total. The molecule has 0 saturated carbocycles. The number of primary amides is 2. The Hall–Kier alpha value is -5.68. The molecule has 6 atom stereocenters. The van der Waals surface area contributed by atoms with Gasteiger partial charge in [0.05, 0.1) is 31.9 Å². The highest BCUT2D eigenvalue weighted by Crippen LogP contribution is 2.05. The van der Waals surface area contributed by atoms with Crippen LogP contribution in [-0.2, 0) is 49.6 Å². The summed E-state index contributed by atoms with van der Waals surface area (Å²) in [5.41, 5.74) is 21.8.